The monoisotopic (exact) mass is 363 g/mol. The first-order valence-corrected chi connectivity index (χ1v) is 10.1. The number of aryl methyl sites for hydroxylation is 1. The Kier molecular flexibility index (Phi) is 5.44. The summed E-state index contributed by atoms with van der Waals surface area (Å²) in [5, 5.41) is 3.33. The van der Waals surface area contributed by atoms with Crippen molar-refractivity contribution in [3.05, 3.63) is 76.8 Å². The molecule has 2 aromatic carbocycles. The molecule has 4 heteroatoms. The van der Waals surface area contributed by atoms with Crippen LogP contribution in [0.15, 0.2) is 60.0 Å². The quantitative estimate of drug-likeness (QED) is 0.668. The first-order valence-electron chi connectivity index (χ1n) is 9.26. The van der Waals surface area contributed by atoms with Crippen LogP contribution in [-0.4, -0.2) is 41.0 Å². The van der Waals surface area contributed by atoms with Gasteiger partial charge in [0.2, 0.25) is 0 Å². The van der Waals surface area contributed by atoms with Gasteiger partial charge in [0.1, 0.15) is 5.01 Å². The summed E-state index contributed by atoms with van der Waals surface area (Å²) in [6, 6.07) is 19.4. The Bertz CT molecular complexity index is 818. The number of aromatic nitrogens is 1. The summed E-state index contributed by atoms with van der Waals surface area (Å²) in [4.78, 5) is 9.91. The van der Waals surface area contributed by atoms with E-state index in [0.717, 1.165) is 44.3 Å². The molecular formula is C22H25N3S. The first kappa shape index (κ1) is 17.4. The fraction of sp³-hybridized carbons (Fsp3) is 0.318. The van der Waals surface area contributed by atoms with Gasteiger partial charge in [-0.1, -0.05) is 60.2 Å². The van der Waals surface area contributed by atoms with Crippen molar-refractivity contribution in [2.75, 3.05) is 26.2 Å². The predicted molar refractivity (Wildman–Crippen MR) is 109 cm³/mol. The van der Waals surface area contributed by atoms with Gasteiger partial charge in [0.15, 0.2) is 0 Å². The maximum atomic E-state index is 4.83. The maximum Gasteiger partial charge on any atom is 0.123 e. The Balaban J connectivity index is 1.29. The SMILES string of the molecule is Cc1ccc(CN2CCN(Cc3csc(-c4ccccc4)n3)CC2)cc1. The normalized spacial score (nSPS) is 16.0. The van der Waals surface area contributed by atoms with Crippen LogP contribution in [0.25, 0.3) is 10.6 Å². The lowest BCUT2D eigenvalue weighted by molar-refractivity contribution is 0.121. The van der Waals surface area contributed by atoms with Crippen molar-refractivity contribution in [2.24, 2.45) is 0 Å². The fourth-order valence-electron chi connectivity index (χ4n) is 3.38. The van der Waals surface area contributed by atoms with Crippen molar-refractivity contribution in [3.63, 3.8) is 0 Å². The second-order valence-electron chi connectivity index (χ2n) is 7.05. The summed E-state index contributed by atoms with van der Waals surface area (Å²) < 4.78 is 0. The molecule has 0 bridgehead atoms. The molecule has 2 heterocycles. The summed E-state index contributed by atoms with van der Waals surface area (Å²) in [6.45, 7) is 8.65. The summed E-state index contributed by atoms with van der Waals surface area (Å²) >= 11 is 1.75. The molecule has 1 fully saturated rings. The van der Waals surface area contributed by atoms with Gasteiger partial charge in [-0.25, -0.2) is 4.98 Å². The van der Waals surface area contributed by atoms with Crippen LogP contribution < -0.4 is 0 Å². The molecule has 0 spiro atoms. The largest absolute Gasteiger partial charge is 0.297 e. The fourth-order valence-corrected chi connectivity index (χ4v) is 4.20. The van der Waals surface area contributed by atoms with Crippen molar-refractivity contribution in [3.8, 4) is 10.6 Å². The van der Waals surface area contributed by atoms with Gasteiger partial charge in [-0.2, -0.15) is 0 Å². The molecule has 0 amide bonds. The summed E-state index contributed by atoms with van der Waals surface area (Å²) in [5.41, 5.74) is 5.15. The molecule has 0 unspecified atom stereocenters. The molecular weight excluding hydrogens is 338 g/mol. The van der Waals surface area contributed by atoms with Gasteiger partial charge in [-0.15, -0.1) is 11.3 Å². The van der Waals surface area contributed by atoms with Crippen LogP contribution in [-0.2, 0) is 13.1 Å². The molecule has 4 rings (SSSR count). The molecule has 26 heavy (non-hydrogen) atoms. The lowest BCUT2D eigenvalue weighted by Crippen LogP contribution is -2.45. The zero-order valence-electron chi connectivity index (χ0n) is 15.3. The van der Waals surface area contributed by atoms with Crippen molar-refractivity contribution in [1.82, 2.24) is 14.8 Å². The zero-order chi connectivity index (χ0) is 17.8. The van der Waals surface area contributed by atoms with E-state index in [2.05, 4.69) is 70.6 Å². The van der Waals surface area contributed by atoms with Gasteiger partial charge in [0.25, 0.3) is 0 Å². The molecule has 0 radical (unpaired) electrons. The zero-order valence-corrected chi connectivity index (χ0v) is 16.1. The van der Waals surface area contributed by atoms with Crippen LogP contribution in [0.1, 0.15) is 16.8 Å². The standard InChI is InChI=1S/C22H25N3S/c1-18-7-9-19(10-8-18)15-24-11-13-25(14-12-24)16-21-17-26-22(23-21)20-5-3-2-4-6-20/h2-10,17H,11-16H2,1H3. The molecule has 0 saturated carbocycles. The third kappa shape index (κ3) is 4.39. The maximum absolute atomic E-state index is 4.83. The Morgan fingerprint density at radius 1 is 0.846 bits per heavy atom. The highest BCUT2D eigenvalue weighted by molar-refractivity contribution is 7.13. The van der Waals surface area contributed by atoms with Crippen LogP contribution in [0.4, 0.5) is 0 Å². The number of benzene rings is 2. The van der Waals surface area contributed by atoms with Crippen molar-refractivity contribution >= 4 is 11.3 Å². The number of nitrogens with zero attached hydrogens (tertiary/aromatic N) is 3. The average molecular weight is 364 g/mol. The van der Waals surface area contributed by atoms with E-state index in [0.29, 0.717) is 0 Å². The topological polar surface area (TPSA) is 19.4 Å². The molecule has 3 aromatic rings. The summed E-state index contributed by atoms with van der Waals surface area (Å²) in [5.74, 6) is 0. The average Bonchev–Trinajstić information content (AvgIpc) is 3.14. The first-order chi connectivity index (χ1) is 12.8. The van der Waals surface area contributed by atoms with Crippen LogP contribution in [0.5, 0.6) is 0 Å². The van der Waals surface area contributed by atoms with Gasteiger partial charge in [0, 0.05) is 50.2 Å². The molecule has 3 nitrogen and oxygen atoms in total. The number of piperazine rings is 1. The highest BCUT2D eigenvalue weighted by Crippen LogP contribution is 2.24. The Morgan fingerprint density at radius 2 is 1.50 bits per heavy atom. The molecule has 1 aromatic heterocycles. The van der Waals surface area contributed by atoms with E-state index in [1.807, 2.05) is 6.07 Å². The molecule has 1 saturated heterocycles. The van der Waals surface area contributed by atoms with Crippen molar-refractivity contribution < 1.29 is 0 Å². The van der Waals surface area contributed by atoms with E-state index in [1.54, 1.807) is 11.3 Å². The second-order valence-corrected chi connectivity index (χ2v) is 7.91. The number of hydrogen-bond acceptors (Lipinski definition) is 4. The van der Waals surface area contributed by atoms with E-state index < -0.39 is 0 Å². The number of rotatable bonds is 5. The second kappa shape index (κ2) is 8.12. The minimum atomic E-state index is 0.960. The lowest BCUT2D eigenvalue weighted by atomic mass is 10.1. The highest BCUT2D eigenvalue weighted by atomic mass is 32.1. The minimum Gasteiger partial charge on any atom is -0.297 e. The predicted octanol–water partition coefficient (Wildman–Crippen LogP) is 4.44. The third-order valence-electron chi connectivity index (χ3n) is 4.95. The summed E-state index contributed by atoms with van der Waals surface area (Å²) in [7, 11) is 0. The molecule has 1 aliphatic heterocycles. The van der Waals surface area contributed by atoms with Crippen LogP contribution >= 0.6 is 11.3 Å². The van der Waals surface area contributed by atoms with Gasteiger partial charge in [-0.05, 0) is 12.5 Å². The Hall–Kier alpha value is -2.01. The molecule has 0 N–H and O–H groups in total. The molecule has 0 aliphatic carbocycles. The van der Waals surface area contributed by atoms with E-state index in [9.17, 15) is 0 Å². The Labute approximate surface area is 159 Å². The third-order valence-corrected chi connectivity index (χ3v) is 5.89. The smallest absolute Gasteiger partial charge is 0.123 e. The van der Waals surface area contributed by atoms with Crippen molar-refractivity contribution in [2.45, 2.75) is 20.0 Å². The molecule has 1 aliphatic rings. The lowest BCUT2D eigenvalue weighted by Gasteiger charge is -2.34. The van der Waals surface area contributed by atoms with Gasteiger partial charge in [0.05, 0.1) is 5.69 Å². The highest BCUT2D eigenvalue weighted by Gasteiger charge is 2.18. The molecule has 0 atom stereocenters. The van der Waals surface area contributed by atoms with E-state index in [1.165, 1.54) is 22.4 Å². The van der Waals surface area contributed by atoms with Crippen molar-refractivity contribution in [1.29, 1.82) is 0 Å². The van der Waals surface area contributed by atoms with Gasteiger partial charge in [-0.3, -0.25) is 9.80 Å². The van der Waals surface area contributed by atoms with Gasteiger partial charge >= 0.3 is 0 Å². The minimum absolute atomic E-state index is 0.960. The number of thiazole rings is 1. The number of hydrogen-bond donors (Lipinski definition) is 0. The molecule has 134 valence electrons. The van der Waals surface area contributed by atoms with Crippen LogP contribution in [0.2, 0.25) is 0 Å². The van der Waals surface area contributed by atoms with E-state index in [4.69, 9.17) is 4.98 Å². The van der Waals surface area contributed by atoms with E-state index in [-0.39, 0.29) is 0 Å². The van der Waals surface area contributed by atoms with Crippen LogP contribution in [0.3, 0.4) is 0 Å². The Morgan fingerprint density at radius 3 is 2.19 bits per heavy atom. The summed E-state index contributed by atoms with van der Waals surface area (Å²) in [6.07, 6.45) is 0. The van der Waals surface area contributed by atoms with Crippen LogP contribution in [0, 0.1) is 6.92 Å². The van der Waals surface area contributed by atoms with E-state index >= 15 is 0 Å². The van der Waals surface area contributed by atoms with Gasteiger partial charge < -0.3 is 0 Å².